The van der Waals surface area contributed by atoms with Crippen LogP contribution in [0.25, 0.3) is 0 Å². The first kappa shape index (κ1) is 13.0. The second-order valence-corrected chi connectivity index (χ2v) is 4.33. The molecule has 1 N–H and O–H groups in total. The number of aromatic nitrogens is 2. The molecule has 0 aliphatic carbocycles. The summed E-state index contributed by atoms with van der Waals surface area (Å²) in [7, 11) is 0. The van der Waals surface area contributed by atoms with Crippen molar-refractivity contribution in [2.45, 2.75) is 39.2 Å². The Bertz CT molecular complexity index is 384. The van der Waals surface area contributed by atoms with Gasteiger partial charge in [0.05, 0.1) is 6.04 Å². The quantitative estimate of drug-likeness (QED) is 0.666. The summed E-state index contributed by atoms with van der Waals surface area (Å²) >= 11 is 3.37. The van der Waals surface area contributed by atoms with Crippen molar-refractivity contribution in [1.82, 2.24) is 9.97 Å². The van der Waals surface area contributed by atoms with Crippen molar-refractivity contribution in [3.8, 4) is 12.3 Å². The van der Waals surface area contributed by atoms with Gasteiger partial charge in [-0.3, -0.25) is 0 Å². The maximum atomic E-state index is 5.40. The third-order valence-corrected chi connectivity index (χ3v) is 2.55. The summed E-state index contributed by atoms with van der Waals surface area (Å²) in [4.78, 5) is 8.71. The number of terminal acetylenes is 1. The second kappa shape index (κ2) is 6.49. The summed E-state index contributed by atoms with van der Waals surface area (Å²) in [5.74, 6) is 4.31. The topological polar surface area (TPSA) is 37.8 Å². The first-order valence-corrected chi connectivity index (χ1v) is 6.25. The molecule has 0 amide bonds. The summed E-state index contributed by atoms with van der Waals surface area (Å²) in [5, 5.41) is 3.20. The number of nitrogens with zero attached hydrogens (tertiary/aromatic N) is 2. The molecule has 0 aliphatic rings. The van der Waals surface area contributed by atoms with Gasteiger partial charge in [0.1, 0.15) is 16.2 Å². The zero-order valence-electron chi connectivity index (χ0n) is 9.63. The highest BCUT2D eigenvalue weighted by atomic mass is 79.9. The predicted molar refractivity (Wildman–Crippen MR) is 70.3 cm³/mol. The van der Waals surface area contributed by atoms with Crippen molar-refractivity contribution < 1.29 is 0 Å². The average Bonchev–Trinajstić information content (AvgIpc) is 2.25. The molecule has 0 fully saturated rings. The number of rotatable bonds is 5. The Hall–Kier alpha value is -1.08. The molecule has 16 heavy (non-hydrogen) atoms. The lowest BCUT2D eigenvalue weighted by Gasteiger charge is -2.12. The molecule has 1 atom stereocenters. The molecule has 1 rings (SSSR count). The maximum absolute atomic E-state index is 5.40. The molecular weight excluding hydrogens is 266 g/mol. The third kappa shape index (κ3) is 3.82. The van der Waals surface area contributed by atoms with E-state index >= 15 is 0 Å². The van der Waals surface area contributed by atoms with Gasteiger partial charge in [-0.1, -0.05) is 19.8 Å². The van der Waals surface area contributed by atoms with Gasteiger partial charge in [0.25, 0.3) is 0 Å². The highest BCUT2D eigenvalue weighted by Crippen LogP contribution is 2.14. The summed E-state index contributed by atoms with van der Waals surface area (Å²) in [5.41, 5.74) is 0. The monoisotopic (exact) mass is 281 g/mol. The van der Waals surface area contributed by atoms with Crippen LogP contribution in [0.3, 0.4) is 0 Å². The van der Waals surface area contributed by atoms with E-state index in [0.717, 1.165) is 35.5 Å². The lowest BCUT2D eigenvalue weighted by Crippen LogP contribution is -2.17. The Kier molecular flexibility index (Phi) is 5.27. The molecule has 0 aromatic carbocycles. The van der Waals surface area contributed by atoms with Crippen LogP contribution in [-0.2, 0) is 6.42 Å². The Labute approximate surface area is 105 Å². The number of hydrogen-bond acceptors (Lipinski definition) is 3. The summed E-state index contributed by atoms with van der Waals surface area (Å²) < 4.78 is 0.792. The number of hydrogen-bond donors (Lipinski definition) is 1. The van der Waals surface area contributed by atoms with Crippen LogP contribution in [0.15, 0.2) is 10.7 Å². The van der Waals surface area contributed by atoms with E-state index in [1.807, 2.05) is 13.0 Å². The molecule has 0 saturated heterocycles. The fourth-order valence-corrected chi connectivity index (χ4v) is 1.74. The van der Waals surface area contributed by atoms with Gasteiger partial charge in [0.15, 0.2) is 0 Å². The smallest absolute Gasteiger partial charge is 0.132 e. The average molecular weight is 282 g/mol. The van der Waals surface area contributed by atoms with Crippen molar-refractivity contribution in [1.29, 1.82) is 0 Å². The molecule has 1 aromatic heterocycles. The first-order chi connectivity index (χ1) is 7.69. The normalized spacial score (nSPS) is 11.9. The predicted octanol–water partition coefficient (Wildman–Crippen LogP) is 3.02. The zero-order valence-corrected chi connectivity index (χ0v) is 11.2. The number of nitrogens with one attached hydrogen (secondary N) is 1. The molecule has 1 heterocycles. The van der Waals surface area contributed by atoms with Crippen molar-refractivity contribution in [2.24, 2.45) is 0 Å². The van der Waals surface area contributed by atoms with Crippen LogP contribution in [0.4, 0.5) is 5.82 Å². The van der Waals surface area contributed by atoms with Crippen LogP contribution in [0.1, 0.15) is 32.5 Å². The Morgan fingerprint density at radius 2 is 2.25 bits per heavy atom. The van der Waals surface area contributed by atoms with E-state index in [9.17, 15) is 0 Å². The van der Waals surface area contributed by atoms with Crippen LogP contribution in [-0.4, -0.2) is 16.0 Å². The molecule has 86 valence electrons. The SMILES string of the molecule is C#CC(CC)Nc1cc(Br)nc(CCC)n1. The van der Waals surface area contributed by atoms with Crippen molar-refractivity contribution in [3.05, 3.63) is 16.5 Å². The van der Waals surface area contributed by atoms with Crippen LogP contribution < -0.4 is 5.32 Å². The van der Waals surface area contributed by atoms with Crippen molar-refractivity contribution in [2.75, 3.05) is 5.32 Å². The Balaban J connectivity index is 2.84. The maximum Gasteiger partial charge on any atom is 0.132 e. The lowest BCUT2D eigenvalue weighted by molar-refractivity contribution is 0.811. The Morgan fingerprint density at radius 3 is 2.81 bits per heavy atom. The van der Waals surface area contributed by atoms with E-state index in [4.69, 9.17) is 6.42 Å². The summed E-state index contributed by atoms with van der Waals surface area (Å²) in [6.07, 6.45) is 8.18. The molecule has 0 saturated carbocycles. The minimum absolute atomic E-state index is 0.0243. The van der Waals surface area contributed by atoms with Gasteiger partial charge in [-0.15, -0.1) is 6.42 Å². The van der Waals surface area contributed by atoms with Crippen LogP contribution >= 0.6 is 15.9 Å². The zero-order chi connectivity index (χ0) is 12.0. The summed E-state index contributed by atoms with van der Waals surface area (Å²) in [6.45, 7) is 4.15. The molecule has 0 spiro atoms. The van der Waals surface area contributed by atoms with Crippen molar-refractivity contribution in [3.63, 3.8) is 0 Å². The molecule has 3 nitrogen and oxygen atoms in total. The largest absolute Gasteiger partial charge is 0.356 e. The van der Waals surface area contributed by atoms with Crippen molar-refractivity contribution >= 4 is 21.7 Å². The molecular formula is C12H16BrN3. The van der Waals surface area contributed by atoms with E-state index < -0.39 is 0 Å². The highest BCUT2D eigenvalue weighted by Gasteiger charge is 2.06. The number of halogens is 1. The van der Waals surface area contributed by atoms with Crippen LogP contribution in [0.5, 0.6) is 0 Å². The van der Waals surface area contributed by atoms with Crippen LogP contribution in [0, 0.1) is 12.3 Å². The molecule has 0 aliphatic heterocycles. The highest BCUT2D eigenvalue weighted by molar-refractivity contribution is 9.10. The lowest BCUT2D eigenvalue weighted by atomic mass is 10.2. The van der Waals surface area contributed by atoms with Gasteiger partial charge in [-0.05, 0) is 28.8 Å². The fourth-order valence-electron chi connectivity index (χ4n) is 1.31. The molecule has 1 aromatic rings. The summed E-state index contributed by atoms with van der Waals surface area (Å²) in [6, 6.07) is 1.87. The molecule has 4 heteroatoms. The number of aryl methyl sites for hydroxylation is 1. The minimum atomic E-state index is 0.0243. The fraction of sp³-hybridized carbons (Fsp3) is 0.500. The minimum Gasteiger partial charge on any atom is -0.356 e. The van der Waals surface area contributed by atoms with Gasteiger partial charge < -0.3 is 5.32 Å². The van der Waals surface area contributed by atoms with Gasteiger partial charge in [0.2, 0.25) is 0 Å². The molecule has 1 unspecified atom stereocenters. The van der Waals surface area contributed by atoms with Gasteiger partial charge in [0, 0.05) is 12.5 Å². The van der Waals surface area contributed by atoms with E-state index in [1.54, 1.807) is 0 Å². The third-order valence-electron chi connectivity index (χ3n) is 2.15. The first-order valence-electron chi connectivity index (χ1n) is 5.45. The molecule has 0 radical (unpaired) electrons. The van der Waals surface area contributed by atoms with E-state index in [1.165, 1.54) is 0 Å². The van der Waals surface area contributed by atoms with E-state index in [-0.39, 0.29) is 6.04 Å². The Morgan fingerprint density at radius 1 is 1.50 bits per heavy atom. The van der Waals surface area contributed by atoms with Gasteiger partial charge in [-0.25, -0.2) is 9.97 Å². The second-order valence-electron chi connectivity index (χ2n) is 3.51. The number of anilines is 1. The van der Waals surface area contributed by atoms with Crippen LogP contribution in [0.2, 0.25) is 0 Å². The molecule has 0 bridgehead atoms. The standard InChI is InChI=1S/C12H16BrN3/c1-4-7-11-15-10(13)8-12(16-11)14-9(5-2)6-3/h2,8-9H,4,6-7H2,1,3H3,(H,14,15,16). The van der Waals surface area contributed by atoms with E-state index in [0.29, 0.717) is 0 Å². The van der Waals surface area contributed by atoms with Gasteiger partial charge >= 0.3 is 0 Å². The van der Waals surface area contributed by atoms with Gasteiger partial charge in [-0.2, -0.15) is 0 Å². The van der Waals surface area contributed by atoms with E-state index in [2.05, 4.69) is 44.1 Å².